The maximum absolute atomic E-state index is 11.1. The Balaban J connectivity index is 1.56. The highest BCUT2D eigenvalue weighted by molar-refractivity contribution is 5.57. The van der Waals surface area contributed by atoms with Gasteiger partial charge in [-0.15, -0.1) is 0 Å². The number of ether oxygens (including phenoxy) is 1. The molecule has 0 saturated heterocycles. The highest BCUT2D eigenvalue weighted by Gasteiger charge is 2.17. The second-order valence-electron chi connectivity index (χ2n) is 5.74. The van der Waals surface area contributed by atoms with Crippen LogP contribution in [0.1, 0.15) is 12.0 Å². The van der Waals surface area contributed by atoms with Crippen molar-refractivity contribution in [2.45, 2.75) is 19.9 Å². The molecule has 6 nitrogen and oxygen atoms in total. The first kappa shape index (κ1) is 16.7. The van der Waals surface area contributed by atoms with E-state index in [4.69, 9.17) is 4.74 Å². The minimum absolute atomic E-state index is 0.0384. The predicted octanol–water partition coefficient (Wildman–Crippen LogP) is 4.24. The van der Waals surface area contributed by atoms with E-state index in [0.717, 1.165) is 24.2 Å². The van der Waals surface area contributed by atoms with Crippen molar-refractivity contribution in [1.82, 2.24) is 9.55 Å². The minimum Gasteiger partial charge on any atom is -0.487 e. The van der Waals surface area contributed by atoms with E-state index in [1.165, 1.54) is 0 Å². The quantitative estimate of drug-likeness (QED) is 0.367. The molecule has 1 aromatic heterocycles. The Kier molecular flexibility index (Phi) is 5.09. The van der Waals surface area contributed by atoms with Crippen molar-refractivity contribution in [3.63, 3.8) is 0 Å². The molecule has 0 N–H and O–H groups in total. The van der Waals surface area contributed by atoms with E-state index in [9.17, 15) is 10.1 Å². The Morgan fingerprint density at radius 2 is 1.96 bits per heavy atom. The summed E-state index contributed by atoms with van der Waals surface area (Å²) in [6.07, 6.45) is 4.51. The van der Waals surface area contributed by atoms with Gasteiger partial charge >= 0.3 is 5.69 Å². The lowest BCUT2D eigenvalue weighted by Crippen LogP contribution is -2.05. The average Bonchev–Trinajstić information content (AvgIpc) is 3.08. The Morgan fingerprint density at radius 3 is 2.72 bits per heavy atom. The molecule has 0 bridgehead atoms. The molecule has 25 heavy (non-hydrogen) atoms. The maximum atomic E-state index is 11.1. The third kappa shape index (κ3) is 4.03. The van der Waals surface area contributed by atoms with E-state index >= 15 is 0 Å². The molecule has 0 aliphatic carbocycles. The normalized spacial score (nSPS) is 10.6. The van der Waals surface area contributed by atoms with Gasteiger partial charge in [0.25, 0.3) is 0 Å². The summed E-state index contributed by atoms with van der Waals surface area (Å²) in [6.45, 7) is 2.85. The SMILES string of the molecule is Cc1cccc(OCCCn2cnc(-c3ccccc3)c2)c1[N+](=O)[O-]. The first-order chi connectivity index (χ1) is 12.1. The lowest BCUT2D eigenvalue weighted by Gasteiger charge is -2.08. The van der Waals surface area contributed by atoms with E-state index in [1.807, 2.05) is 41.1 Å². The Hall–Kier alpha value is -3.15. The van der Waals surface area contributed by atoms with E-state index in [2.05, 4.69) is 4.98 Å². The number of hydrogen-bond acceptors (Lipinski definition) is 4. The summed E-state index contributed by atoms with van der Waals surface area (Å²) >= 11 is 0. The number of imidazole rings is 1. The molecule has 0 unspecified atom stereocenters. The molecule has 0 radical (unpaired) electrons. The number of benzene rings is 2. The Labute approximate surface area is 145 Å². The van der Waals surface area contributed by atoms with Crippen LogP contribution in [0.3, 0.4) is 0 Å². The van der Waals surface area contributed by atoms with Gasteiger partial charge in [-0.1, -0.05) is 42.5 Å². The average molecular weight is 337 g/mol. The van der Waals surface area contributed by atoms with Crippen LogP contribution in [0.5, 0.6) is 5.75 Å². The van der Waals surface area contributed by atoms with Gasteiger partial charge in [-0.05, 0) is 19.4 Å². The number of aryl methyl sites for hydroxylation is 2. The zero-order chi connectivity index (χ0) is 17.6. The van der Waals surface area contributed by atoms with Crippen molar-refractivity contribution in [2.75, 3.05) is 6.61 Å². The van der Waals surface area contributed by atoms with Gasteiger partial charge in [0.15, 0.2) is 5.75 Å². The van der Waals surface area contributed by atoms with Crippen molar-refractivity contribution < 1.29 is 9.66 Å². The van der Waals surface area contributed by atoms with Crippen molar-refractivity contribution in [3.8, 4) is 17.0 Å². The summed E-state index contributed by atoms with van der Waals surface area (Å²) in [4.78, 5) is 15.2. The summed E-state index contributed by atoms with van der Waals surface area (Å²) in [6, 6.07) is 15.1. The molecule has 0 aliphatic rings. The van der Waals surface area contributed by atoms with Gasteiger partial charge in [0.2, 0.25) is 0 Å². The fourth-order valence-corrected chi connectivity index (χ4v) is 2.65. The summed E-state index contributed by atoms with van der Waals surface area (Å²) in [5, 5.41) is 11.1. The van der Waals surface area contributed by atoms with Crippen LogP contribution in [0.4, 0.5) is 5.69 Å². The smallest absolute Gasteiger partial charge is 0.313 e. The van der Waals surface area contributed by atoms with Gasteiger partial charge in [0.05, 0.1) is 23.6 Å². The van der Waals surface area contributed by atoms with Crippen LogP contribution >= 0.6 is 0 Å². The van der Waals surface area contributed by atoms with Crippen LogP contribution in [-0.2, 0) is 6.54 Å². The summed E-state index contributed by atoms with van der Waals surface area (Å²) in [5.74, 6) is 0.320. The fraction of sp³-hybridized carbons (Fsp3) is 0.211. The van der Waals surface area contributed by atoms with Crippen LogP contribution in [0.25, 0.3) is 11.3 Å². The first-order valence-electron chi connectivity index (χ1n) is 8.09. The van der Waals surface area contributed by atoms with Gasteiger partial charge in [-0.2, -0.15) is 0 Å². The molecule has 3 aromatic rings. The second kappa shape index (κ2) is 7.61. The zero-order valence-electron chi connectivity index (χ0n) is 14.0. The Morgan fingerprint density at radius 1 is 1.16 bits per heavy atom. The molecule has 2 aromatic carbocycles. The van der Waals surface area contributed by atoms with E-state index < -0.39 is 4.92 Å². The third-order valence-electron chi connectivity index (χ3n) is 3.90. The van der Waals surface area contributed by atoms with E-state index in [1.54, 1.807) is 31.5 Å². The minimum atomic E-state index is -0.396. The first-order valence-corrected chi connectivity index (χ1v) is 8.09. The molecular formula is C19H19N3O3. The van der Waals surface area contributed by atoms with Crippen LogP contribution in [-0.4, -0.2) is 21.1 Å². The summed E-state index contributed by atoms with van der Waals surface area (Å²) in [7, 11) is 0. The molecule has 1 heterocycles. The number of rotatable bonds is 7. The van der Waals surface area contributed by atoms with Crippen molar-refractivity contribution in [2.24, 2.45) is 0 Å². The maximum Gasteiger partial charge on any atom is 0.313 e. The molecule has 6 heteroatoms. The number of hydrogen-bond donors (Lipinski definition) is 0. The summed E-state index contributed by atoms with van der Waals surface area (Å²) < 4.78 is 7.61. The number of nitrogens with zero attached hydrogens (tertiary/aromatic N) is 3. The largest absolute Gasteiger partial charge is 0.487 e. The molecular weight excluding hydrogens is 318 g/mol. The Bertz CT molecular complexity index is 859. The van der Waals surface area contributed by atoms with Gasteiger partial charge in [0.1, 0.15) is 0 Å². The van der Waals surface area contributed by atoms with Crippen molar-refractivity contribution in [3.05, 3.63) is 76.7 Å². The lowest BCUT2D eigenvalue weighted by molar-refractivity contribution is -0.386. The number of para-hydroxylation sites is 1. The molecule has 0 fully saturated rings. The standard InChI is InChI=1S/C19H19N3O3/c1-15-7-5-10-18(19(15)22(23)24)25-12-6-11-21-13-17(20-14-21)16-8-3-2-4-9-16/h2-5,7-10,13-14H,6,11-12H2,1H3. The molecule has 0 aliphatic heterocycles. The highest BCUT2D eigenvalue weighted by Crippen LogP contribution is 2.30. The van der Waals surface area contributed by atoms with Gasteiger partial charge in [-0.25, -0.2) is 4.98 Å². The third-order valence-corrected chi connectivity index (χ3v) is 3.90. The van der Waals surface area contributed by atoms with Gasteiger partial charge < -0.3 is 9.30 Å². The topological polar surface area (TPSA) is 70.2 Å². The van der Waals surface area contributed by atoms with Crippen LogP contribution in [0.15, 0.2) is 61.1 Å². The molecule has 128 valence electrons. The second-order valence-corrected chi connectivity index (χ2v) is 5.74. The number of aromatic nitrogens is 2. The number of nitro benzene ring substituents is 1. The van der Waals surface area contributed by atoms with E-state index in [0.29, 0.717) is 17.9 Å². The fourth-order valence-electron chi connectivity index (χ4n) is 2.65. The highest BCUT2D eigenvalue weighted by atomic mass is 16.6. The van der Waals surface area contributed by atoms with Gasteiger partial charge in [-0.3, -0.25) is 10.1 Å². The van der Waals surface area contributed by atoms with E-state index in [-0.39, 0.29) is 5.69 Å². The molecule has 0 amide bonds. The van der Waals surface area contributed by atoms with Gasteiger partial charge in [0, 0.05) is 23.9 Å². The summed E-state index contributed by atoms with van der Waals surface area (Å²) in [5.41, 5.74) is 2.64. The number of nitro groups is 1. The van der Waals surface area contributed by atoms with Crippen molar-refractivity contribution >= 4 is 5.69 Å². The molecule has 0 spiro atoms. The van der Waals surface area contributed by atoms with Crippen LogP contribution in [0, 0.1) is 17.0 Å². The van der Waals surface area contributed by atoms with Crippen LogP contribution in [0.2, 0.25) is 0 Å². The van der Waals surface area contributed by atoms with Crippen molar-refractivity contribution in [1.29, 1.82) is 0 Å². The molecule has 3 rings (SSSR count). The van der Waals surface area contributed by atoms with Crippen LogP contribution < -0.4 is 4.74 Å². The predicted molar refractivity (Wildman–Crippen MR) is 95.6 cm³/mol. The lowest BCUT2D eigenvalue weighted by atomic mass is 10.2. The molecule has 0 saturated carbocycles. The monoisotopic (exact) mass is 337 g/mol. The molecule has 0 atom stereocenters. The zero-order valence-corrected chi connectivity index (χ0v) is 14.0.